The molecular formula is C19H21N5O2. The van der Waals surface area contributed by atoms with Gasteiger partial charge < -0.3 is 5.32 Å². The Labute approximate surface area is 151 Å². The number of pyridine rings is 1. The van der Waals surface area contributed by atoms with E-state index in [1.54, 1.807) is 28.8 Å². The Hall–Kier alpha value is -3.22. The topological polar surface area (TPSA) is 88.4 Å². The zero-order valence-electron chi connectivity index (χ0n) is 14.9. The minimum atomic E-state index is -0.696. The van der Waals surface area contributed by atoms with Crippen LogP contribution >= 0.6 is 0 Å². The number of hydrogen-bond donors (Lipinski definition) is 2. The molecule has 0 saturated heterocycles. The minimum Gasteiger partial charge on any atom is -0.340 e. The van der Waals surface area contributed by atoms with Crippen LogP contribution in [0.2, 0.25) is 0 Å². The van der Waals surface area contributed by atoms with E-state index in [1.807, 2.05) is 45.0 Å². The molecule has 0 radical (unpaired) electrons. The minimum absolute atomic E-state index is 0.0952. The van der Waals surface area contributed by atoms with Crippen molar-refractivity contribution in [3.63, 3.8) is 0 Å². The summed E-state index contributed by atoms with van der Waals surface area (Å²) in [6.07, 6.45) is 1.77. The van der Waals surface area contributed by atoms with Crippen LogP contribution in [-0.2, 0) is 4.79 Å². The second kappa shape index (κ2) is 7.35. The molecule has 2 heterocycles. The van der Waals surface area contributed by atoms with Crippen molar-refractivity contribution in [2.75, 3.05) is 5.32 Å². The average molecular weight is 351 g/mol. The largest absolute Gasteiger partial charge is 0.340 e. The first-order valence-corrected chi connectivity index (χ1v) is 8.44. The third-order valence-electron chi connectivity index (χ3n) is 4.17. The number of fused-ring (bicyclic) bond motifs is 1. The highest BCUT2D eigenvalue weighted by molar-refractivity contribution is 6.01. The van der Waals surface area contributed by atoms with Crippen molar-refractivity contribution in [1.82, 2.24) is 19.9 Å². The van der Waals surface area contributed by atoms with Crippen LogP contribution in [-0.4, -0.2) is 32.5 Å². The standard InChI is InChI=1S/C19H21N5O2/c1-12(2)16(20-17(25)14-9-5-4-8-13(14)3)18(26)21-19-23-22-15-10-6-7-11-24(15)19/h4-12,16H,1-3H3,(H,20,25)(H,21,23,26). The molecule has 7 heteroatoms. The number of amides is 2. The Kier molecular flexibility index (Phi) is 4.97. The summed E-state index contributed by atoms with van der Waals surface area (Å²) in [5, 5.41) is 13.6. The summed E-state index contributed by atoms with van der Waals surface area (Å²) in [4.78, 5) is 25.3. The summed E-state index contributed by atoms with van der Waals surface area (Å²) in [5.41, 5.74) is 2.04. The number of rotatable bonds is 5. The first-order valence-electron chi connectivity index (χ1n) is 8.44. The first kappa shape index (κ1) is 17.6. The summed E-state index contributed by atoms with van der Waals surface area (Å²) in [6, 6.07) is 12.0. The molecule has 2 aromatic heterocycles. The second-order valence-corrected chi connectivity index (χ2v) is 6.45. The van der Waals surface area contributed by atoms with E-state index < -0.39 is 6.04 Å². The molecular weight excluding hydrogens is 330 g/mol. The van der Waals surface area contributed by atoms with Crippen LogP contribution in [0.3, 0.4) is 0 Å². The summed E-state index contributed by atoms with van der Waals surface area (Å²) in [5.74, 6) is -0.383. The Bertz CT molecular complexity index is 948. The molecule has 2 amide bonds. The smallest absolute Gasteiger partial charge is 0.252 e. The monoisotopic (exact) mass is 351 g/mol. The van der Waals surface area contributed by atoms with E-state index in [2.05, 4.69) is 20.8 Å². The van der Waals surface area contributed by atoms with Gasteiger partial charge in [-0.05, 0) is 36.6 Å². The fourth-order valence-electron chi connectivity index (χ4n) is 2.70. The molecule has 26 heavy (non-hydrogen) atoms. The highest BCUT2D eigenvalue weighted by atomic mass is 16.2. The molecule has 7 nitrogen and oxygen atoms in total. The number of hydrogen-bond acceptors (Lipinski definition) is 4. The van der Waals surface area contributed by atoms with Crippen molar-refractivity contribution >= 4 is 23.4 Å². The number of aryl methyl sites for hydroxylation is 1. The lowest BCUT2D eigenvalue weighted by atomic mass is 10.0. The predicted molar refractivity (Wildman–Crippen MR) is 98.9 cm³/mol. The Morgan fingerprint density at radius 3 is 2.50 bits per heavy atom. The highest BCUT2D eigenvalue weighted by Gasteiger charge is 2.26. The van der Waals surface area contributed by atoms with Gasteiger partial charge in [-0.3, -0.25) is 19.3 Å². The predicted octanol–water partition coefficient (Wildman–Crippen LogP) is 2.43. The second-order valence-electron chi connectivity index (χ2n) is 6.45. The molecule has 3 rings (SSSR count). The molecule has 1 atom stereocenters. The summed E-state index contributed by atoms with van der Waals surface area (Å²) >= 11 is 0. The lowest BCUT2D eigenvalue weighted by molar-refractivity contribution is -0.118. The molecule has 0 aliphatic carbocycles. The highest BCUT2D eigenvalue weighted by Crippen LogP contribution is 2.12. The Balaban J connectivity index is 1.78. The SMILES string of the molecule is Cc1ccccc1C(=O)NC(C(=O)Nc1nnc2ccccn12)C(C)C. The number of benzene rings is 1. The molecule has 1 aromatic carbocycles. The van der Waals surface area contributed by atoms with E-state index in [0.29, 0.717) is 17.2 Å². The van der Waals surface area contributed by atoms with Crippen molar-refractivity contribution in [3.8, 4) is 0 Å². The van der Waals surface area contributed by atoms with Crippen molar-refractivity contribution in [3.05, 3.63) is 59.8 Å². The molecule has 0 spiro atoms. The Morgan fingerprint density at radius 1 is 1.04 bits per heavy atom. The maximum Gasteiger partial charge on any atom is 0.252 e. The van der Waals surface area contributed by atoms with E-state index in [1.165, 1.54) is 0 Å². The molecule has 0 bridgehead atoms. The van der Waals surface area contributed by atoms with Crippen LogP contribution in [0.25, 0.3) is 5.65 Å². The van der Waals surface area contributed by atoms with Crippen molar-refractivity contribution in [1.29, 1.82) is 0 Å². The number of carbonyl (C=O) groups excluding carboxylic acids is 2. The van der Waals surface area contributed by atoms with E-state index in [4.69, 9.17) is 0 Å². The number of nitrogens with zero attached hydrogens (tertiary/aromatic N) is 3. The van der Waals surface area contributed by atoms with Crippen LogP contribution < -0.4 is 10.6 Å². The maximum absolute atomic E-state index is 12.7. The fraction of sp³-hybridized carbons (Fsp3) is 0.263. The number of nitrogens with one attached hydrogen (secondary N) is 2. The van der Waals surface area contributed by atoms with Crippen molar-refractivity contribution < 1.29 is 9.59 Å². The molecule has 134 valence electrons. The van der Waals surface area contributed by atoms with Gasteiger partial charge in [0.25, 0.3) is 5.91 Å². The lowest BCUT2D eigenvalue weighted by Gasteiger charge is -2.21. The van der Waals surface area contributed by atoms with Gasteiger partial charge in [-0.25, -0.2) is 0 Å². The molecule has 0 fully saturated rings. The zero-order chi connectivity index (χ0) is 18.7. The molecule has 0 aliphatic rings. The van der Waals surface area contributed by atoms with Gasteiger partial charge in [0, 0.05) is 11.8 Å². The van der Waals surface area contributed by atoms with Gasteiger partial charge >= 0.3 is 0 Å². The summed E-state index contributed by atoms with van der Waals surface area (Å²) in [7, 11) is 0. The third-order valence-corrected chi connectivity index (χ3v) is 4.17. The molecule has 3 aromatic rings. The average Bonchev–Trinajstić information content (AvgIpc) is 3.02. The summed E-state index contributed by atoms with van der Waals surface area (Å²) in [6.45, 7) is 5.62. The van der Waals surface area contributed by atoms with Crippen LogP contribution in [0, 0.1) is 12.8 Å². The normalized spacial score (nSPS) is 12.2. The van der Waals surface area contributed by atoms with E-state index >= 15 is 0 Å². The van der Waals surface area contributed by atoms with Gasteiger partial charge in [-0.1, -0.05) is 38.1 Å². The van der Waals surface area contributed by atoms with Crippen LogP contribution in [0.15, 0.2) is 48.7 Å². The van der Waals surface area contributed by atoms with Gasteiger partial charge in [0.05, 0.1) is 0 Å². The number of aromatic nitrogens is 3. The summed E-state index contributed by atoms with van der Waals surface area (Å²) < 4.78 is 1.68. The van der Waals surface area contributed by atoms with E-state index in [-0.39, 0.29) is 17.7 Å². The molecule has 0 saturated carbocycles. The van der Waals surface area contributed by atoms with Crippen molar-refractivity contribution in [2.24, 2.45) is 5.92 Å². The number of carbonyl (C=O) groups is 2. The van der Waals surface area contributed by atoms with Crippen LogP contribution in [0.4, 0.5) is 5.95 Å². The zero-order valence-corrected chi connectivity index (χ0v) is 14.9. The third kappa shape index (κ3) is 3.56. The Morgan fingerprint density at radius 2 is 1.77 bits per heavy atom. The van der Waals surface area contributed by atoms with E-state index in [0.717, 1.165) is 5.56 Å². The first-order chi connectivity index (χ1) is 12.5. The fourth-order valence-corrected chi connectivity index (χ4v) is 2.70. The van der Waals surface area contributed by atoms with Crippen molar-refractivity contribution in [2.45, 2.75) is 26.8 Å². The molecule has 0 aliphatic heterocycles. The lowest BCUT2D eigenvalue weighted by Crippen LogP contribution is -2.47. The van der Waals surface area contributed by atoms with Gasteiger partial charge in [-0.15, -0.1) is 10.2 Å². The van der Waals surface area contributed by atoms with E-state index in [9.17, 15) is 9.59 Å². The van der Waals surface area contributed by atoms with Gasteiger partial charge in [-0.2, -0.15) is 0 Å². The van der Waals surface area contributed by atoms with Crippen LogP contribution in [0.5, 0.6) is 0 Å². The molecule has 1 unspecified atom stereocenters. The maximum atomic E-state index is 12.7. The van der Waals surface area contributed by atoms with Gasteiger partial charge in [0.1, 0.15) is 6.04 Å². The molecule has 2 N–H and O–H groups in total. The van der Waals surface area contributed by atoms with Gasteiger partial charge in [0.15, 0.2) is 5.65 Å². The van der Waals surface area contributed by atoms with Crippen LogP contribution in [0.1, 0.15) is 29.8 Å². The quantitative estimate of drug-likeness (QED) is 0.739. The van der Waals surface area contributed by atoms with Gasteiger partial charge in [0.2, 0.25) is 11.9 Å². The number of anilines is 1.